The van der Waals surface area contributed by atoms with Gasteiger partial charge < -0.3 is 59.4 Å². The monoisotopic (exact) mass is 302 g/mol. The maximum absolute atomic E-state index is 3.38. The lowest BCUT2D eigenvalue weighted by molar-refractivity contribution is -0.596. The molecule has 0 aliphatic rings. The molecular weight excluding hydrogens is 294 g/mol. The van der Waals surface area contributed by atoms with Crippen molar-refractivity contribution in [1.82, 2.24) is 0 Å². The minimum Gasteiger partial charge on any atom is -1.00 e. The molecule has 36 valence electrons. The summed E-state index contributed by atoms with van der Waals surface area (Å²) in [6.07, 6.45) is 0. The van der Waals surface area contributed by atoms with Gasteiger partial charge in [0.25, 0.3) is 0 Å². The third-order valence-electron chi connectivity index (χ3n) is 0. The summed E-state index contributed by atoms with van der Waals surface area (Å²) in [4.78, 5) is 0. The second kappa shape index (κ2) is 18.2. The quantitative estimate of drug-likeness (QED) is 0.330. The van der Waals surface area contributed by atoms with E-state index < -0.39 is 0 Å². The van der Waals surface area contributed by atoms with Crippen LogP contribution in [0.1, 0.15) is 0 Å². The summed E-state index contributed by atoms with van der Waals surface area (Å²) < 4.78 is 0. The highest BCUT2D eigenvalue weighted by molar-refractivity contribution is 3.35. The Balaban J connectivity index is -0.0000000200. The molecule has 0 radical (unpaired) electrons. The Kier molecular flexibility index (Phi) is 58.9. The summed E-state index contributed by atoms with van der Waals surface area (Å²) in [5.41, 5.74) is 6.75. The van der Waals surface area contributed by atoms with E-state index in [1.807, 2.05) is 0 Å². The molecule has 0 unspecified atom stereocenters. The minimum atomic E-state index is 0. The van der Waals surface area contributed by atoms with Crippen LogP contribution in [0.5, 0.6) is 0 Å². The van der Waals surface area contributed by atoms with E-state index in [-0.39, 0.29) is 48.0 Å². The zero-order chi connectivity index (χ0) is 2.71. The molecule has 0 rings (SSSR count). The number of hydrogen-bond acceptors (Lipinski definition) is 0. The van der Waals surface area contributed by atoms with Crippen LogP contribution < -0.4 is 59.4 Å². The third kappa shape index (κ3) is 32.3. The molecule has 0 bridgehead atoms. The Morgan fingerprint density at radius 3 is 1.00 bits per heavy atom. The summed E-state index contributed by atoms with van der Waals surface area (Å²) in [6, 6.07) is 0. The molecule has 0 aliphatic carbocycles. The Hall–Kier alpha value is 1.38. The summed E-state index contributed by atoms with van der Waals surface area (Å²) in [5, 5.41) is 0. The Labute approximate surface area is 65.7 Å². The third-order valence-corrected chi connectivity index (χ3v) is 0. The molecule has 0 fully saturated rings. The van der Waals surface area contributed by atoms with Crippen LogP contribution >= 0.6 is 0 Å². The van der Waals surface area contributed by atoms with Gasteiger partial charge >= 0.3 is 0 Å². The van der Waals surface area contributed by atoms with E-state index in [0.717, 1.165) is 6.67 Å². The summed E-state index contributed by atoms with van der Waals surface area (Å²) >= 11 is 0. The molecule has 5 heavy (non-hydrogen) atoms. The molecule has 0 amide bonds. The van der Waals surface area contributed by atoms with Gasteiger partial charge in [-0.2, -0.15) is 0 Å². The second-order valence-electron chi connectivity index (χ2n) is 0.354. The molecule has 0 atom stereocenters. The number of halogens is 2. The highest BCUT2D eigenvalue weighted by Crippen LogP contribution is 0.586. The van der Waals surface area contributed by atoms with Crippen molar-refractivity contribution < 1.29 is 59.4 Å². The fraction of sp³-hybridized carbons (Fsp3) is 1.00. The first-order valence-corrected chi connectivity index (χ1v) is 1.000. The first-order chi connectivity index (χ1) is 1.41. The van der Waals surface area contributed by atoms with Crippen molar-refractivity contribution in [2.24, 2.45) is 0 Å². The van der Waals surface area contributed by atoms with Crippen LogP contribution in [0.4, 0.5) is 0 Å². The van der Waals surface area contributed by atoms with Crippen LogP contribution in [-0.4, -0.2) is 6.67 Å². The predicted octanol–water partition coefficient (Wildman–Crippen LogP) is -8.56. The lowest BCUT2D eigenvalue weighted by Gasteiger charge is -1.49. The van der Waals surface area contributed by atoms with Gasteiger partial charge in [-0.3, -0.25) is 0 Å². The smallest absolute Gasteiger partial charge is 0.198 e. The molecule has 0 aromatic carbocycles. The molecule has 6 N–H and O–H groups in total. The van der Waals surface area contributed by atoms with Crippen molar-refractivity contribution in [3.8, 4) is 0 Å². The van der Waals surface area contributed by atoms with Gasteiger partial charge in [0, 0.05) is 0 Å². The van der Waals surface area contributed by atoms with Crippen molar-refractivity contribution in [3.05, 3.63) is 0 Å². The molecule has 0 aromatic heterocycles. The summed E-state index contributed by atoms with van der Waals surface area (Å²) in [7, 11) is 0. The van der Waals surface area contributed by atoms with E-state index in [1.54, 1.807) is 0 Å². The van der Waals surface area contributed by atoms with Crippen molar-refractivity contribution >= 4 is 0 Å². The van der Waals surface area contributed by atoms with E-state index >= 15 is 0 Å². The zero-order valence-electron chi connectivity index (χ0n) is 2.88. The van der Waals surface area contributed by atoms with Crippen LogP contribution in [0, 0.1) is 0 Å². The molecular formula is CH8I2N2. The Morgan fingerprint density at radius 2 is 1.00 bits per heavy atom. The van der Waals surface area contributed by atoms with Gasteiger partial charge in [0.15, 0.2) is 6.67 Å². The zero-order valence-corrected chi connectivity index (χ0v) is 7.19. The average Bonchev–Trinajstić information content (AvgIpc) is 0.918. The summed E-state index contributed by atoms with van der Waals surface area (Å²) in [6.45, 7) is 0.750. The molecule has 0 spiro atoms. The lowest BCUT2D eigenvalue weighted by Crippen LogP contribution is -3.00. The molecule has 4 heteroatoms. The minimum absolute atomic E-state index is 0. The van der Waals surface area contributed by atoms with Crippen molar-refractivity contribution in [1.29, 1.82) is 0 Å². The van der Waals surface area contributed by atoms with E-state index in [0.29, 0.717) is 0 Å². The fourth-order valence-electron chi connectivity index (χ4n) is 0. The SMILES string of the molecule is [I-].[I-].[NH3+]C[NH3+]. The van der Waals surface area contributed by atoms with Gasteiger partial charge in [-0.05, 0) is 0 Å². The van der Waals surface area contributed by atoms with Crippen LogP contribution in [0.25, 0.3) is 0 Å². The Bertz CT molecular complexity index is 7.61. The molecule has 0 aliphatic heterocycles. The fourth-order valence-corrected chi connectivity index (χ4v) is 0. The Morgan fingerprint density at radius 1 is 1.00 bits per heavy atom. The van der Waals surface area contributed by atoms with Crippen molar-refractivity contribution in [2.75, 3.05) is 6.67 Å². The van der Waals surface area contributed by atoms with Crippen LogP contribution in [0.3, 0.4) is 0 Å². The highest BCUT2D eigenvalue weighted by Gasteiger charge is 1.38. The normalized spacial score (nSPS) is 3.60. The van der Waals surface area contributed by atoms with Crippen LogP contribution in [0.2, 0.25) is 0 Å². The number of hydrogen-bond donors (Lipinski definition) is 2. The standard InChI is InChI=1S/CH6N2.2HI/c2-1-3;;/h1-3H2;2*1H. The van der Waals surface area contributed by atoms with E-state index in [4.69, 9.17) is 0 Å². The largest absolute Gasteiger partial charge is 1.00 e. The van der Waals surface area contributed by atoms with Crippen LogP contribution in [-0.2, 0) is 0 Å². The topological polar surface area (TPSA) is 55.3 Å². The number of quaternary nitrogens is 2. The summed E-state index contributed by atoms with van der Waals surface area (Å²) in [5.74, 6) is 0. The maximum Gasteiger partial charge on any atom is 0.198 e. The molecule has 0 heterocycles. The lowest BCUT2D eigenvalue weighted by atomic mass is 11.3. The van der Waals surface area contributed by atoms with Crippen molar-refractivity contribution in [2.45, 2.75) is 0 Å². The first kappa shape index (κ1) is 16.2. The van der Waals surface area contributed by atoms with Gasteiger partial charge in [0.1, 0.15) is 0 Å². The van der Waals surface area contributed by atoms with Gasteiger partial charge in [-0.1, -0.05) is 0 Å². The molecule has 0 aromatic rings. The molecule has 2 nitrogen and oxygen atoms in total. The average molecular weight is 302 g/mol. The van der Waals surface area contributed by atoms with Crippen molar-refractivity contribution in [3.63, 3.8) is 0 Å². The number of rotatable bonds is 0. The first-order valence-electron chi connectivity index (χ1n) is 1.000. The van der Waals surface area contributed by atoms with E-state index in [9.17, 15) is 0 Å². The van der Waals surface area contributed by atoms with Gasteiger partial charge in [-0.25, -0.2) is 0 Å². The molecule has 0 saturated carbocycles. The maximum atomic E-state index is 3.38. The van der Waals surface area contributed by atoms with E-state index in [2.05, 4.69) is 11.5 Å². The highest BCUT2D eigenvalue weighted by atomic mass is 127. The van der Waals surface area contributed by atoms with Gasteiger partial charge in [0.2, 0.25) is 0 Å². The second-order valence-corrected chi connectivity index (χ2v) is 0.354. The van der Waals surface area contributed by atoms with Crippen LogP contribution in [0.15, 0.2) is 0 Å². The van der Waals surface area contributed by atoms with E-state index in [1.165, 1.54) is 0 Å². The van der Waals surface area contributed by atoms with Gasteiger partial charge in [-0.15, -0.1) is 0 Å². The van der Waals surface area contributed by atoms with Gasteiger partial charge in [0.05, 0.1) is 0 Å². The predicted molar refractivity (Wildman–Crippen MR) is 10.6 cm³/mol. The molecule has 0 saturated heterocycles.